The number of nitrogens with one attached hydrogen (secondary N) is 1. The van der Waals surface area contributed by atoms with Crippen LogP contribution in [0.4, 0.5) is 10.1 Å². The number of aliphatic hydroxyl groups is 1. The van der Waals surface area contributed by atoms with E-state index in [-0.39, 0.29) is 17.8 Å². The number of amides is 1. The molecule has 3 aromatic rings. The fraction of sp³-hybridized carbons (Fsp3) is 0.375. The summed E-state index contributed by atoms with van der Waals surface area (Å²) < 4.78 is 25.7. The third-order valence-electron chi connectivity index (χ3n) is 5.43. The second kappa shape index (κ2) is 8.59. The Hall–Kier alpha value is -3.06. The summed E-state index contributed by atoms with van der Waals surface area (Å²) in [5.74, 6) is 0.350. The van der Waals surface area contributed by atoms with Crippen molar-refractivity contribution in [3.8, 4) is 17.1 Å². The highest BCUT2D eigenvalue weighted by molar-refractivity contribution is 6.12. The Kier molecular flexibility index (Phi) is 5.87. The van der Waals surface area contributed by atoms with Gasteiger partial charge in [0.05, 0.1) is 23.5 Å². The number of benzene rings is 2. The molecule has 0 saturated carbocycles. The average Bonchev–Trinajstić information content (AvgIpc) is 3.11. The standard InChI is InChI=1S/C24H27FN2O4/c1-14(2)30-21-11-18-20(12-19(21)27-10-4-5-17(28)13-27)31-23(22(18)24(29)26-3)15-6-8-16(25)9-7-15/h6-9,11-12,14,17,28H,4-5,10,13H2,1-3H3,(H,26,29). The Labute approximate surface area is 180 Å². The number of hydrogen-bond donors (Lipinski definition) is 2. The normalized spacial score (nSPS) is 16.7. The molecule has 31 heavy (non-hydrogen) atoms. The molecule has 0 spiro atoms. The van der Waals surface area contributed by atoms with Crippen LogP contribution in [-0.4, -0.2) is 43.4 Å². The molecule has 1 fully saturated rings. The maximum atomic E-state index is 13.4. The number of carbonyl (C=O) groups is 1. The molecule has 4 rings (SSSR count). The molecule has 1 atom stereocenters. The number of ether oxygens (including phenoxy) is 1. The van der Waals surface area contributed by atoms with Crippen molar-refractivity contribution in [2.24, 2.45) is 0 Å². The number of β-amino-alcohol motifs (C(OH)–C–C–N with tert-alkyl or cyclic N) is 1. The van der Waals surface area contributed by atoms with Crippen molar-refractivity contribution in [1.82, 2.24) is 5.32 Å². The van der Waals surface area contributed by atoms with Crippen LogP contribution in [0.3, 0.4) is 0 Å². The van der Waals surface area contributed by atoms with E-state index in [9.17, 15) is 14.3 Å². The molecule has 2 aromatic carbocycles. The highest BCUT2D eigenvalue weighted by atomic mass is 19.1. The minimum absolute atomic E-state index is 0.0714. The zero-order chi connectivity index (χ0) is 22.1. The fourth-order valence-corrected chi connectivity index (χ4v) is 4.04. The van der Waals surface area contributed by atoms with Crippen LogP contribution in [-0.2, 0) is 0 Å². The number of aliphatic hydroxyl groups excluding tert-OH is 1. The average molecular weight is 426 g/mol. The molecule has 1 aliphatic heterocycles. The smallest absolute Gasteiger partial charge is 0.255 e. The zero-order valence-electron chi connectivity index (χ0n) is 17.9. The van der Waals surface area contributed by atoms with E-state index in [1.54, 1.807) is 19.2 Å². The molecule has 1 aromatic heterocycles. The summed E-state index contributed by atoms with van der Waals surface area (Å²) in [6.07, 6.45) is 1.18. The SMILES string of the molecule is CNC(=O)c1c(-c2ccc(F)cc2)oc2cc(N3CCCC(O)C3)c(OC(C)C)cc12. The number of hydrogen-bond acceptors (Lipinski definition) is 5. The van der Waals surface area contributed by atoms with Gasteiger partial charge in [0.2, 0.25) is 0 Å². The largest absolute Gasteiger partial charge is 0.489 e. The lowest BCUT2D eigenvalue weighted by Gasteiger charge is -2.33. The van der Waals surface area contributed by atoms with Gasteiger partial charge in [-0.25, -0.2) is 4.39 Å². The minimum atomic E-state index is -0.399. The first kappa shape index (κ1) is 21.2. The van der Waals surface area contributed by atoms with Gasteiger partial charge in [0.25, 0.3) is 5.91 Å². The van der Waals surface area contributed by atoms with Crippen molar-refractivity contribution < 1.29 is 23.4 Å². The van der Waals surface area contributed by atoms with E-state index in [4.69, 9.17) is 9.15 Å². The van der Waals surface area contributed by atoms with Crippen LogP contribution in [0.25, 0.3) is 22.3 Å². The van der Waals surface area contributed by atoms with Gasteiger partial charge in [-0.2, -0.15) is 0 Å². The second-order valence-electron chi connectivity index (χ2n) is 8.12. The van der Waals surface area contributed by atoms with Gasteiger partial charge < -0.3 is 24.5 Å². The number of halogens is 1. The number of furan rings is 1. The quantitative estimate of drug-likeness (QED) is 0.635. The van der Waals surface area contributed by atoms with Gasteiger partial charge >= 0.3 is 0 Å². The van der Waals surface area contributed by atoms with Crippen molar-refractivity contribution >= 4 is 22.6 Å². The molecule has 0 aliphatic carbocycles. The monoisotopic (exact) mass is 426 g/mol. The third kappa shape index (κ3) is 4.23. The first-order valence-electron chi connectivity index (χ1n) is 10.6. The van der Waals surface area contributed by atoms with Crippen LogP contribution >= 0.6 is 0 Å². The van der Waals surface area contributed by atoms with E-state index in [0.717, 1.165) is 25.1 Å². The molecule has 1 aliphatic rings. The van der Waals surface area contributed by atoms with Crippen LogP contribution in [0.1, 0.15) is 37.0 Å². The van der Waals surface area contributed by atoms with Gasteiger partial charge in [-0.15, -0.1) is 0 Å². The lowest BCUT2D eigenvalue weighted by atomic mass is 10.0. The number of piperidine rings is 1. The third-order valence-corrected chi connectivity index (χ3v) is 5.43. The van der Waals surface area contributed by atoms with Crippen LogP contribution < -0.4 is 15.0 Å². The Balaban J connectivity index is 1.92. The van der Waals surface area contributed by atoms with Gasteiger partial charge in [0.1, 0.15) is 22.9 Å². The maximum absolute atomic E-state index is 13.4. The molecule has 164 valence electrons. The fourth-order valence-electron chi connectivity index (χ4n) is 4.04. The summed E-state index contributed by atoms with van der Waals surface area (Å²) in [6, 6.07) is 9.55. The summed E-state index contributed by atoms with van der Waals surface area (Å²) in [5, 5.41) is 13.5. The number of nitrogens with zero attached hydrogens (tertiary/aromatic N) is 1. The van der Waals surface area contributed by atoms with E-state index >= 15 is 0 Å². The zero-order valence-corrected chi connectivity index (χ0v) is 17.9. The molecule has 2 heterocycles. The minimum Gasteiger partial charge on any atom is -0.489 e. The summed E-state index contributed by atoms with van der Waals surface area (Å²) in [6.45, 7) is 5.19. The van der Waals surface area contributed by atoms with Crippen molar-refractivity contribution in [3.05, 3.63) is 47.8 Å². The van der Waals surface area contributed by atoms with Crippen molar-refractivity contribution in [3.63, 3.8) is 0 Å². The van der Waals surface area contributed by atoms with Gasteiger partial charge in [0.15, 0.2) is 0 Å². The van der Waals surface area contributed by atoms with Crippen molar-refractivity contribution in [2.75, 3.05) is 25.0 Å². The van der Waals surface area contributed by atoms with Crippen LogP contribution in [0, 0.1) is 5.82 Å². The lowest BCUT2D eigenvalue weighted by Crippen LogP contribution is -2.38. The van der Waals surface area contributed by atoms with Gasteiger partial charge in [-0.3, -0.25) is 4.79 Å². The summed E-state index contributed by atoms with van der Waals surface area (Å²) in [4.78, 5) is 14.9. The summed E-state index contributed by atoms with van der Waals surface area (Å²) >= 11 is 0. The Bertz CT molecular complexity index is 1090. The van der Waals surface area contributed by atoms with E-state index < -0.39 is 6.10 Å². The van der Waals surface area contributed by atoms with Crippen molar-refractivity contribution in [1.29, 1.82) is 0 Å². The Morgan fingerprint density at radius 2 is 2.03 bits per heavy atom. The molecule has 1 amide bonds. The Morgan fingerprint density at radius 3 is 2.68 bits per heavy atom. The molecule has 7 heteroatoms. The number of fused-ring (bicyclic) bond motifs is 1. The topological polar surface area (TPSA) is 74.9 Å². The molecule has 2 N–H and O–H groups in total. The molecule has 1 saturated heterocycles. The molecule has 0 bridgehead atoms. The van der Waals surface area contributed by atoms with E-state index in [1.165, 1.54) is 12.1 Å². The van der Waals surface area contributed by atoms with Crippen molar-refractivity contribution in [2.45, 2.75) is 38.9 Å². The highest BCUT2D eigenvalue weighted by Gasteiger charge is 2.27. The molecule has 6 nitrogen and oxygen atoms in total. The number of carbonyl (C=O) groups excluding carboxylic acids is 1. The van der Waals surface area contributed by atoms with E-state index in [0.29, 0.717) is 40.2 Å². The van der Waals surface area contributed by atoms with Crippen LogP contribution in [0.2, 0.25) is 0 Å². The van der Waals surface area contributed by atoms with Gasteiger partial charge in [0, 0.05) is 37.2 Å². The van der Waals surface area contributed by atoms with E-state index in [1.807, 2.05) is 26.0 Å². The number of anilines is 1. The highest BCUT2D eigenvalue weighted by Crippen LogP contribution is 2.41. The predicted molar refractivity (Wildman–Crippen MR) is 118 cm³/mol. The van der Waals surface area contributed by atoms with Crippen LogP contribution in [0.15, 0.2) is 40.8 Å². The summed E-state index contributed by atoms with van der Waals surface area (Å²) in [5.41, 5.74) is 2.34. The first-order chi connectivity index (χ1) is 14.9. The Morgan fingerprint density at radius 1 is 1.29 bits per heavy atom. The molecular formula is C24H27FN2O4. The second-order valence-corrected chi connectivity index (χ2v) is 8.12. The number of rotatable bonds is 5. The van der Waals surface area contributed by atoms with Crippen LogP contribution in [0.5, 0.6) is 5.75 Å². The van der Waals surface area contributed by atoms with Gasteiger partial charge in [-0.05, 0) is 57.0 Å². The first-order valence-corrected chi connectivity index (χ1v) is 10.6. The maximum Gasteiger partial charge on any atom is 0.255 e. The summed E-state index contributed by atoms with van der Waals surface area (Å²) in [7, 11) is 1.56. The lowest BCUT2D eigenvalue weighted by molar-refractivity contribution is 0.0964. The van der Waals surface area contributed by atoms with E-state index in [2.05, 4.69) is 10.2 Å². The molecular weight excluding hydrogens is 399 g/mol. The molecule has 0 radical (unpaired) electrons. The van der Waals surface area contributed by atoms with Gasteiger partial charge in [-0.1, -0.05) is 0 Å². The predicted octanol–water partition coefficient (Wildman–Crippen LogP) is 4.35. The molecule has 1 unspecified atom stereocenters.